The zero-order valence-corrected chi connectivity index (χ0v) is 13.0. The standard InChI is InChI=1S/C14H21N3O3S/c1-21(18,19)11-13-5-3-2-4-12(13)10-16-14(15)17-6-8-20-9-7-17/h2-5H,6-11H2,1H3,(H2,15,16). The van der Waals surface area contributed by atoms with E-state index >= 15 is 0 Å². The Morgan fingerprint density at radius 2 is 1.90 bits per heavy atom. The molecule has 1 heterocycles. The molecule has 21 heavy (non-hydrogen) atoms. The van der Waals surface area contributed by atoms with Gasteiger partial charge >= 0.3 is 0 Å². The Kier molecular flexibility index (Phi) is 5.19. The van der Waals surface area contributed by atoms with Crippen molar-refractivity contribution >= 4 is 15.8 Å². The van der Waals surface area contributed by atoms with Gasteiger partial charge in [-0.3, -0.25) is 0 Å². The maximum Gasteiger partial charge on any atom is 0.191 e. The molecule has 0 radical (unpaired) electrons. The minimum Gasteiger partial charge on any atom is -0.378 e. The molecule has 0 spiro atoms. The fourth-order valence-electron chi connectivity index (χ4n) is 2.19. The molecule has 7 heteroatoms. The zero-order valence-electron chi connectivity index (χ0n) is 12.2. The maximum absolute atomic E-state index is 11.5. The molecular weight excluding hydrogens is 290 g/mol. The van der Waals surface area contributed by atoms with Gasteiger partial charge in [0.2, 0.25) is 0 Å². The van der Waals surface area contributed by atoms with Crippen LogP contribution in [-0.4, -0.2) is 51.8 Å². The third kappa shape index (κ3) is 5.02. The summed E-state index contributed by atoms with van der Waals surface area (Å²) in [6, 6.07) is 7.41. The van der Waals surface area contributed by atoms with Crippen molar-refractivity contribution < 1.29 is 13.2 Å². The Balaban J connectivity index is 2.08. The van der Waals surface area contributed by atoms with Crippen molar-refractivity contribution in [2.75, 3.05) is 32.6 Å². The monoisotopic (exact) mass is 311 g/mol. The topological polar surface area (TPSA) is 85.0 Å². The van der Waals surface area contributed by atoms with Crippen molar-refractivity contribution in [3.63, 3.8) is 0 Å². The summed E-state index contributed by atoms with van der Waals surface area (Å²) in [6.07, 6.45) is 1.23. The Morgan fingerprint density at radius 3 is 2.52 bits per heavy atom. The van der Waals surface area contributed by atoms with Crippen LogP contribution in [0, 0.1) is 0 Å². The summed E-state index contributed by atoms with van der Waals surface area (Å²) in [5.74, 6) is 0.503. The van der Waals surface area contributed by atoms with Gasteiger partial charge in [0.05, 0.1) is 25.5 Å². The van der Waals surface area contributed by atoms with Crippen molar-refractivity contribution in [1.29, 1.82) is 0 Å². The van der Waals surface area contributed by atoms with Gasteiger partial charge in [-0.1, -0.05) is 24.3 Å². The molecule has 0 atom stereocenters. The van der Waals surface area contributed by atoms with Crippen LogP contribution >= 0.6 is 0 Å². The van der Waals surface area contributed by atoms with E-state index in [1.807, 2.05) is 29.2 Å². The summed E-state index contributed by atoms with van der Waals surface area (Å²) in [5.41, 5.74) is 7.64. The summed E-state index contributed by atoms with van der Waals surface area (Å²) >= 11 is 0. The van der Waals surface area contributed by atoms with Gasteiger partial charge < -0.3 is 15.4 Å². The van der Waals surface area contributed by atoms with Gasteiger partial charge in [0, 0.05) is 19.3 Å². The first-order valence-corrected chi connectivity index (χ1v) is 8.89. The summed E-state index contributed by atoms with van der Waals surface area (Å²) in [7, 11) is -3.07. The zero-order chi connectivity index (χ0) is 15.3. The molecule has 2 rings (SSSR count). The van der Waals surface area contributed by atoms with Crippen LogP contribution in [0.2, 0.25) is 0 Å². The lowest BCUT2D eigenvalue weighted by atomic mass is 10.1. The van der Waals surface area contributed by atoms with E-state index in [2.05, 4.69) is 4.99 Å². The highest BCUT2D eigenvalue weighted by molar-refractivity contribution is 7.89. The van der Waals surface area contributed by atoms with E-state index in [-0.39, 0.29) is 5.75 Å². The lowest BCUT2D eigenvalue weighted by Gasteiger charge is -2.27. The minimum atomic E-state index is -3.07. The lowest BCUT2D eigenvalue weighted by Crippen LogP contribution is -2.44. The number of morpholine rings is 1. The van der Waals surface area contributed by atoms with Crippen molar-refractivity contribution in [2.24, 2.45) is 10.7 Å². The van der Waals surface area contributed by atoms with E-state index in [1.54, 1.807) is 0 Å². The lowest BCUT2D eigenvalue weighted by molar-refractivity contribution is 0.0674. The van der Waals surface area contributed by atoms with Crippen LogP contribution in [0.15, 0.2) is 29.3 Å². The van der Waals surface area contributed by atoms with Crippen LogP contribution in [0.4, 0.5) is 0 Å². The van der Waals surface area contributed by atoms with Gasteiger partial charge in [0.15, 0.2) is 15.8 Å². The van der Waals surface area contributed by atoms with Gasteiger partial charge in [-0.15, -0.1) is 0 Å². The molecule has 0 amide bonds. The molecule has 1 aromatic carbocycles. The van der Waals surface area contributed by atoms with Crippen molar-refractivity contribution in [3.8, 4) is 0 Å². The number of benzene rings is 1. The predicted molar refractivity (Wildman–Crippen MR) is 82.7 cm³/mol. The molecule has 6 nitrogen and oxygen atoms in total. The van der Waals surface area contributed by atoms with Crippen LogP contribution in [0.25, 0.3) is 0 Å². The fraction of sp³-hybridized carbons (Fsp3) is 0.500. The van der Waals surface area contributed by atoms with Gasteiger partial charge in [-0.2, -0.15) is 0 Å². The average Bonchev–Trinajstić information content (AvgIpc) is 2.45. The first-order chi connectivity index (χ1) is 9.96. The maximum atomic E-state index is 11.5. The first-order valence-electron chi connectivity index (χ1n) is 6.83. The van der Waals surface area contributed by atoms with E-state index in [9.17, 15) is 8.42 Å². The van der Waals surface area contributed by atoms with Crippen LogP contribution in [0.1, 0.15) is 11.1 Å². The Hall–Kier alpha value is -1.60. The Bertz CT molecular complexity index is 608. The number of sulfone groups is 1. The van der Waals surface area contributed by atoms with Crippen molar-refractivity contribution in [1.82, 2.24) is 4.90 Å². The highest BCUT2D eigenvalue weighted by Gasteiger charge is 2.13. The number of rotatable bonds is 4. The Morgan fingerprint density at radius 1 is 1.29 bits per heavy atom. The largest absolute Gasteiger partial charge is 0.378 e. The number of hydrogen-bond donors (Lipinski definition) is 1. The minimum absolute atomic E-state index is 0.0240. The number of aliphatic imine (C=N–C) groups is 1. The van der Waals surface area contributed by atoms with Gasteiger partial charge in [-0.05, 0) is 11.1 Å². The molecule has 1 aliphatic heterocycles. The fourth-order valence-corrected chi connectivity index (χ4v) is 3.04. The van der Waals surface area contributed by atoms with Crippen LogP contribution in [-0.2, 0) is 26.9 Å². The second-order valence-electron chi connectivity index (χ2n) is 5.11. The number of nitrogens with zero attached hydrogens (tertiary/aromatic N) is 2. The summed E-state index contributed by atoms with van der Waals surface area (Å²) < 4.78 is 28.2. The van der Waals surface area contributed by atoms with Crippen LogP contribution < -0.4 is 5.73 Å². The molecule has 0 saturated carbocycles. The highest BCUT2D eigenvalue weighted by atomic mass is 32.2. The van der Waals surface area contributed by atoms with Crippen LogP contribution in [0.3, 0.4) is 0 Å². The van der Waals surface area contributed by atoms with E-state index in [4.69, 9.17) is 10.5 Å². The number of guanidine groups is 1. The van der Waals surface area contributed by atoms with E-state index in [0.717, 1.165) is 24.2 Å². The normalized spacial score (nSPS) is 17.0. The molecule has 2 N–H and O–H groups in total. The first kappa shape index (κ1) is 15.8. The quantitative estimate of drug-likeness (QED) is 0.642. The van der Waals surface area contributed by atoms with Crippen LogP contribution in [0.5, 0.6) is 0 Å². The van der Waals surface area contributed by atoms with Gasteiger partial charge in [0.1, 0.15) is 0 Å². The van der Waals surface area contributed by atoms with Gasteiger partial charge in [0.25, 0.3) is 0 Å². The number of nitrogens with two attached hydrogens (primary N) is 1. The third-order valence-electron chi connectivity index (χ3n) is 3.28. The van der Waals surface area contributed by atoms with E-state index in [0.29, 0.717) is 25.7 Å². The molecule has 1 aliphatic rings. The molecule has 1 aromatic rings. The molecule has 0 bridgehead atoms. The summed E-state index contributed by atoms with van der Waals surface area (Å²) in [5, 5.41) is 0. The molecule has 1 saturated heterocycles. The second kappa shape index (κ2) is 6.91. The molecule has 0 aliphatic carbocycles. The van der Waals surface area contributed by atoms with E-state index < -0.39 is 9.84 Å². The second-order valence-corrected chi connectivity index (χ2v) is 7.25. The predicted octanol–water partition coefficient (Wildman–Crippen LogP) is 0.378. The van der Waals surface area contributed by atoms with Crippen molar-refractivity contribution in [3.05, 3.63) is 35.4 Å². The SMILES string of the molecule is CS(=O)(=O)Cc1ccccc1CN=C(N)N1CCOCC1. The van der Waals surface area contributed by atoms with Gasteiger partial charge in [-0.25, -0.2) is 13.4 Å². The number of ether oxygens (including phenoxy) is 1. The molecule has 1 fully saturated rings. The molecule has 0 aromatic heterocycles. The number of hydrogen-bond acceptors (Lipinski definition) is 4. The highest BCUT2D eigenvalue weighted by Crippen LogP contribution is 2.13. The summed E-state index contributed by atoms with van der Waals surface area (Å²) in [6.45, 7) is 3.16. The molecule has 0 unspecified atom stereocenters. The smallest absolute Gasteiger partial charge is 0.191 e. The third-order valence-corrected chi connectivity index (χ3v) is 4.12. The molecular formula is C14H21N3O3S. The average molecular weight is 311 g/mol. The van der Waals surface area contributed by atoms with Crippen molar-refractivity contribution in [2.45, 2.75) is 12.3 Å². The summed E-state index contributed by atoms with van der Waals surface area (Å²) in [4.78, 5) is 6.35. The molecule has 116 valence electrons. The van der Waals surface area contributed by atoms with E-state index in [1.165, 1.54) is 6.26 Å². The Labute approximate surface area is 125 Å².